The van der Waals surface area contributed by atoms with Crippen molar-refractivity contribution in [2.75, 3.05) is 12.4 Å². The van der Waals surface area contributed by atoms with Gasteiger partial charge in [-0.15, -0.1) is 23.5 Å². The summed E-state index contributed by atoms with van der Waals surface area (Å²) >= 11 is 3.34. The predicted molar refractivity (Wildman–Crippen MR) is 111 cm³/mol. The summed E-state index contributed by atoms with van der Waals surface area (Å²) in [5, 5.41) is 5.76. The number of nitrogens with zero attached hydrogens (tertiary/aromatic N) is 2. The van der Waals surface area contributed by atoms with Crippen LogP contribution in [0.5, 0.6) is 0 Å². The van der Waals surface area contributed by atoms with Crippen LogP contribution in [0.3, 0.4) is 0 Å². The molecule has 8 heteroatoms. The van der Waals surface area contributed by atoms with E-state index in [1.807, 2.05) is 37.3 Å². The Morgan fingerprint density at radius 1 is 1.41 bits per heavy atom. The number of hydrogen-bond acceptors (Lipinski definition) is 6. The maximum absolute atomic E-state index is 12.6. The molecule has 0 fully saturated rings. The number of carbonyl (C=O) groups is 2. The van der Waals surface area contributed by atoms with E-state index in [-0.39, 0.29) is 24.2 Å². The molecule has 3 aliphatic heterocycles. The highest BCUT2D eigenvalue weighted by atomic mass is 32.2. The third-order valence-electron chi connectivity index (χ3n) is 4.95. The van der Waals surface area contributed by atoms with Crippen molar-refractivity contribution in [2.45, 2.75) is 29.4 Å². The fourth-order valence-electron chi connectivity index (χ4n) is 3.30. The smallest absolute Gasteiger partial charge is 0.261 e. The molecule has 0 radical (unpaired) electrons. The van der Waals surface area contributed by atoms with Gasteiger partial charge in [0.05, 0.1) is 16.9 Å². The zero-order valence-corrected chi connectivity index (χ0v) is 16.6. The van der Waals surface area contributed by atoms with Crippen LogP contribution in [0, 0.1) is 0 Å². The zero-order valence-electron chi connectivity index (χ0n) is 15.0. The molecule has 3 aliphatic rings. The highest BCUT2D eigenvalue weighted by Crippen LogP contribution is 2.44. The molecule has 0 aromatic heterocycles. The second kappa shape index (κ2) is 6.76. The number of rotatable bonds is 3. The number of nitrogens with one attached hydrogen (secondary N) is 1. The van der Waals surface area contributed by atoms with Crippen molar-refractivity contribution in [1.29, 1.82) is 0 Å². The van der Waals surface area contributed by atoms with Crippen LogP contribution < -0.4 is 11.1 Å². The molecule has 4 rings (SSSR count). The third-order valence-corrected chi connectivity index (χ3v) is 7.48. The molecule has 6 nitrogen and oxygen atoms in total. The van der Waals surface area contributed by atoms with Gasteiger partial charge >= 0.3 is 0 Å². The minimum absolute atomic E-state index is 0.0796. The highest BCUT2D eigenvalue weighted by Gasteiger charge is 2.36. The molecular formula is C19H20N4O2S2. The Labute approximate surface area is 166 Å². The average Bonchev–Trinajstić information content (AvgIpc) is 3.22. The second-order valence-corrected chi connectivity index (χ2v) is 9.26. The molecule has 2 amide bonds. The number of amides is 2. The molecule has 0 saturated heterocycles. The Balaban J connectivity index is 1.53. The van der Waals surface area contributed by atoms with E-state index in [0.717, 1.165) is 10.5 Å². The molecule has 3 N–H and O–H groups in total. The predicted octanol–water partition coefficient (Wildman–Crippen LogP) is 2.65. The van der Waals surface area contributed by atoms with Gasteiger partial charge in [0.1, 0.15) is 0 Å². The number of benzene rings is 1. The fourth-order valence-corrected chi connectivity index (χ4v) is 5.80. The number of nitrogens with two attached hydrogens (primary N) is 1. The first-order valence-corrected chi connectivity index (χ1v) is 10.4. The molecule has 0 bridgehead atoms. The van der Waals surface area contributed by atoms with Gasteiger partial charge in [0.15, 0.2) is 5.96 Å². The Morgan fingerprint density at radius 3 is 2.96 bits per heavy atom. The molecule has 0 spiro atoms. The van der Waals surface area contributed by atoms with Crippen molar-refractivity contribution < 1.29 is 9.59 Å². The summed E-state index contributed by atoms with van der Waals surface area (Å²) in [7, 11) is 1.62. The summed E-state index contributed by atoms with van der Waals surface area (Å²) in [6, 6.07) is 7.46. The Bertz CT molecular complexity index is 911. The molecular weight excluding hydrogens is 380 g/mol. The van der Waals surface area contributed by atoms with E-state index >= 15 is 0 Å². The molecule has 1 aromatic carbocycles. The van der Waals surface area contributed by atoms with Gasteiger partial charge in [-0.3, -0.25) is 14.5 Å². The van der Waals surface area contributed by atoms with Crippen molar-refractivity contribution in [3.05, 3.63) is 52.3 Å². The van der Waals surface area contributed by atoms with Crippen LogP contribution >= 0.6 is 23.5 Å². The lowest BCUT2D eigenvalue weighted by molar-refractivity contribution is -0.128. The molecule has 140 valence electrons. The summed E-state index contributed by atoms with van der Waals surface area (Å²) < 4.78 is 0. The number of fused-ring (bicyclic) bond motifs is 1. The average molecular weight is 401 g/mol. The Morgan fingerprint density at radius 2 is 2.22 bits per heavy atom. The number of hydrogen-bond donors (Lipinski definition) is 2. The molecule has 0 saturated carbocycles. The zero-order chi connectivity index (χ0) is 19.2. The number of anilines is 1. The highest BCUT2D eigenvalue weighted by molar-refractivity contribution is 8.09. The lowest BCUT2D eigenvalue weighted by atomic mass is 9.87. The van der Waals surface area contributed by atoms with Crippen LogP contribution in [0.1, 0.15) is 18.9 Å². The summed E-state index contributed by atoms with van der Waals surface area (Å²) in [5.41, 5.74) is 6.68. The number of guanidine groups is 1. The fraction of sp³-hybridized carbons (Fsp3) is 0.316. The first-order valence-electron chi connectivity index (χ1n) is 8.60. The van der Waals surface area contributed by atoms with E-state index in [4.69, 9.17) is 5.73 Å². The van der Waals surface area contributed by atoms with Crippen molar-refractivity contribution in [1.82, 2.24) is 4.90 Å². The van der Waals surface area contributed by atoms with Crippen LogP contribution in [-0.4, -0.2) is 40.2 Å². The monoisotopic (exact) mass is 400 g/mol. The minimum Gasteiger partial charge on any atom is -0.369 e. The van der Waals surface area contributed by atoms with Gasteiger partial charge < -0.3 is 11.1 Å². The van der Waals surface area contributed by atoms with E-state index in [1.54, 1.807) is 30.6 Å². The minimum atomic E-state index is -0.742. The van der Waals surface area contributed by atoms with Crippen molar-refractivity contribution in [2.24, 2.45) is 10.7 Å². The number of carbonyl (C=O) groups excluding carboxylic acids is 2. The lowest BCUT2D eigenvalue weighted by Crippen LogP contribution is -2.47. The summed E-state index contributed by atoms with van der Waals surface area (Å²) in [4.78, 5) is 31.4. The second-order valence-electron chi connectivity index (χ2n) is 6.95. The maximum Gasteiger partial charge on any atom is 0.261 e. The van der Waals surface area contributed by atoms with Crippen molar-refractivity contribution in [3.8, 4) is 0 Å². The molecule has 0 aliphatic carbocycles. The van der Waals surface area contributed by atoms with E-state index in [9.17, 15) is 9.59 Å². The van der Waals surface area contributed by atoms with E-state index in [1.165, 1.54) is 4.90 Å². The van der Waals surface area contributed by atoms with Crippen LogP contribution in [-0.2, 0) is 15.1 Å². The Kier molecular flexibility index (Phi) is 4.55. The van der Waals surface area contributed by atoms with Gasteiger partial charge in [-0.1, -0.05) is 24.3 Å². The van der Waals surface area contributed by atoms with Crippen LogP contribution in [0.4, 0.5) is 5.69 Å². The van der Waals surface area contributed by atoms with Gasteiger partial charge in [-0.25, -0.2) is 4.99 Å². The van der Waals surface area contributed by atoms with E-state index in [2.05, 4.69) is 21.8 Å². The molecule has 2 unspecified atom stereocenters. The van der Waals surface area contributed by atoms with Gasteiger partial charge in [-0.05, 0) is 30.0 Å². The van der Waals surface area contributed by atoms with Gasteiger partial charge in [0.2, 0.25) is 5.91 Å². The van der Waals surface area contributed by atoms with E-state index < -0.39 is 5.54 Å². The molecule has 3 atom stereocenters. The van der Waals surface area contributed by atoms with Crippen LogP contribution in [0.15, 0.2) is 51.7 Å². The van der Waals surface area contributed by atoms with E-state index in [0.29, 0.717) is 16.2 Å². The topological polar surface area (TPSA) is 87.8 Å². The normalized spacial score (nSPS) is 29.4. The lowest BCUT2D eigenvalue weighted by Gasteiger charge is -2.33. The quantitative estimate of drug-likeness (QED) is 0.814. The van der Waals surface area contributed by atoms with Crippen molar-refractivity contribution in [3.63, 3.8) is 0 Å². The van der Waals surface area contributed by atoms with Crippen molar-refractivity contribution >= 4 is 47.0 Å². The SMILES string of the molecule is CN1C(=O)CC(C)(c2cccc(NC(=O)C3=C[C@@H]4SC=CC4S3)c2)N=C1N. The first kappa shape index (κ1) is 18.2. The summed E-state index contributed by atoms with van der Waals surface area (Å²) in [6.07, 6.45) is 4.40. The number of thioether (sulfide) groups is 2. The maximum atomic E-state index is 12.6. The number of aliphatic imine (C=N–C) groups is 1. The van der Waals surface area contributed by atoms with Crippen LogP contribution in [0.25, 0.3) is 0 Å². The third kappa shape index (κ3) is 3.39. The molecule has 27 heavy (non-hydrogen) atoms. The summed E-state index contributed by atoms with van der Waals surface area (Å²) in [5.74, 6) is 0.0185. The van der Waals surface area contributed by atoms with Gasteiger partial charge in [0, 0.05) is 23.2 Å². The summed E-state index contributed by atoms with van der Waals surface area (Å²) in [6.45, 7) is 1.88. The first-order chi connectivity index (χ1) is 12.9. The Hall–Kier alpha value is -2.19. The van der Waals surface area contributed by atoms with Gasteiger partial charge in [0.25, 0.3) is 5.91 Å². The standard InChI is InChI=1S/C19H20N4O2S2/c1-19(10-16(24)23(2)18(20)22-19)11-4-3-5-12(8-11)21-17(25)15-9-14-13(27-15)6-7-26-14/h3-9,13-14H,10H2,1-2H3,(H2,20,22)(H,21,25)/t13?,14-,19?/m0/s1. The van der Waals surface area contributed by atoms with Crippen LogP contribution in [0.2, 0.25) is 0 Å². The van der Waals surface area contributed by atoms with Gasteiger partial charge in [-0.2, -0.15) is 0 Å². The molecule has 3 heterocycles. The molecule has 1 aromatic rings. The largest absolute Gasteiger partial charge is 0.369 e.